The zero-order chi connectivity index (χ0) is 15.5. The third-order valence-corrected chi connectivity index (χ3v) is 3.86. The number of carbonyl (C=O) groups is 1. The van der Waals surface area contributed by atoms with Crippen molar-refractivity contribution in [2.45, 2.75) is 25.3 Å². The third-order valence-electron chi connectivity index (χ3n) is 3.63. The van der Waals surface area contributed by atoms with E-state index in [1.807, 2.05) is 0 Å². The Kier molecular flexibility index (Phi) is 4.29. The van der Waals surface area contributed by atoms with Crippen LogP contribution in [0.2, 0.25) is 5.02 Å². The van der Waals surface area contributed by atoms with Crippen LogP contribution in [0.4, 0.5) is 0 Å². The second-order valence-corrected chi connectivity index (χ2v) is 5.67. The van der Waals surface area contributed by atoms with Gasteiger partial charge in [-0.3, -0.25) is 4.79 Å². The van der Waals surface area contributed by atoms with Gasteiger partial charge in [0.2, 0.25) is 0 Å². The summed E-state index contributed by atoms with van der Waals surface area (Å²) in [5.74, 6) is 1.18. The minimum atomic E-state index is -0.189. The van der Waals surface area contributed by atoms with E-state index in [0.29, 0.717) is 35.3 Å². The lowest BCUT2D eigenvalue weighted by Crippen LogP contribution is -2.26. The Balaban J connectivity index is 1.59. The van der Waals surface area contributed by atoms with Gasteiger partial charge in [0, 0.05) is 24.0 Å². The number of ether oxygens (including phenoxy) is 1. The molecule has 6 nitrogen and oxygen atoms in total. The SMILES string of the molecule is COc1cc(Cl)ccc1C(=O)NCCc1nncn1C1CC1. The fourth-order valence-corrected chi connectivity index (χ4v) is 2.50. The number of rotatable bonds is 6. The van der Waals surface area contributed by atoms with Gasteiger partial charge in [0.1, 0.15) is 17.9 Å². The highest BCUT2D eigenvalue weighted by molar-refractivity contribution is 6.30. The van der Waals surface area contributed by atoms with Gasteiger partial charge in [-0.05, 0) is 31.0 Å². The second kappa shape index (κ2) is 6.36. The molecular weight excluding hydrogens is 304 g/mol. The predicted octanol–water partition coefficient (Wildman–Crippen LogP) is 2.25. The minimum Gasteiger partial charge on any atom is -0.496 e. The van der Waals surface area contributed by atoms with Crippen LogP contribution in [-0.2, 0) is 6.42 Å². The summed E-state index contributed by atoms with van der Waals surface area (Å²) in [4.78, 5) is 12.2. The van der Waals surface area contributed by atoms with Crippen LogP contribution in [0.3, 0.4) is 0 Å². The zero-order valence-corrected chi connectivity index (χ0v) is 13.0. The van der Waals surface area contributed by atoms with E-state index in [4.69, 9.17) is 16.3 Å². The first kappa shape index (κ1) is 14.8. The molecule has 1 amide bonds. The van der Waals surface area contributed by atoms with Crippen molar-refractivity contribution in [3.05, 3.63) is 40.9 Å². The molecule has 1 aromatic heterocycles. The van der Waals surface area contributed by atoms with E-state index in [2.05, 4.69) is 20.1 Å². The summed E-state index contributed by atoms with van der Waals surface area (Å²) in [6.07, 6.45) is 4.77. The Morgan fingerprint density at radius 2 is 2.32 bits per heavy atom. The van der Waals surface area contributed by atoms with Crippen LogP contribution in [0.25, 0.3) is 0 Å². The molecule has 1 saturated carbocycles. The zero-order valence-electron chi connectivity index (χ0n) is 12.3. The lowest BCUT2D eigenvalue weighted by Gasteiger charge is -2.10. The molecule has 1 aliphatic carbocycles. The summed E-state index contributed by atoms with van der Waals surface area (Å²) in [5.41, 5.74) is 0.468. The lowest BCUT2D eigenvalue weighted by molar-refractivity contribution is 0.0951. The van der Waals surface area contributed by atoms with Crippen LogP contribution in [-0.4, -0.2) is 34.3 Å². The summed E-state index contributed by atoms with van der Waals surface area (Å²) in [6, 6.07) is 5.49. The van der Waals surface area contributed by atoms with Crippen molar-refractivity contribution in [3.8, 4) is 5.75 Å². The van der Waals surface area contributed by atoms with Crippen molar-refractivity contribution in [1.29, 1.82) is 0 Å². The second-order valence-electron chi connectivity index (χ2n) is 5.24. The van der Waals surface area contributed by atoms with E-state index in [1.165, 1.54) is 20.0 Å². The number of hydrogen-bond donors (Lipinski definition) is 1. The maximum absolute atomic E-state index is 12.2. The van der Waals surface area contributed by atoms with Crippen LogP contribution in [0.15, 0.2) is 24.5 Å². The Labute approximate surface area is 133 Å². The molecule has 0 atom stereocenters. The highest BCUT2D eigenvalue weighted by Gasteiger charge is 2.25. The van der Waals surface area contributed by atoms with Gasteiger partial charge >= 0.3 is 0 Å². The van der Waals surface area contributed by atoms with Crippen LogP contribution in [0.5, 0.6) is 5.75 Å². The summed E-state index contributed by atoms with van der Waals surface area (Å²) in [7, 11) is 1.51. The predicted molar refractivity (Wildman–Crippen MR) is 82.3 cm³/mol. The highest BCUT2D eigenvalue weighted by Crippen LogP contribution is 2.35. The van der Waals surface area contributed by atoms with Crippen molar-refractivity contribution in [3.63, 3.8) is 0 Å². The van der Waals surface area contributed by atoms with E-state index in [1.54, 1.807) is 24.5 Å². The molecule has 0 unspecified atom stereocenters. The molecule has 1 aromatic carbocycles. The van der Waals surface area contributed by atoms with E-state index >= 15 is 0 Å². The summed E-state index contributed by atoms with van der Waals surface area (Å²) < 4.78 is 7.28. The molecule has 0 spiro atoms. The fourth-order valence-electron chi connectivity index (χ4n) is 2.34. The molecule has 1 aliphatic rings. The number of methoxy groups -OCH3 is 1. The van der Waals surface area contributed by atoms with Gasteiger partial charge in [0.15, 0.2) is 0 Å². The van der Waals surface area contributed by atoms with Crippen LogP contribution in [0.1, 0.15) is 35.1 Å². The van der Waals surface area contributed by atoms with Gasteiger partial charge in [0.25, 0.3) is 5.91 Å². The van der Waals surface area contributed by atoms with Crippen molar-refractivity contribution in [2.24, 2.45) is 0 Å². The highest BCUT2D eigenvalue weighted by atomic mass is 35.5. The van der Waals surface area contributed by atoms with Gasteiger partial charge in [-0.1, -0.05) is 11.6 Å². The van der Waals surface area contributed by atoms with Crippen molar-refractivity contribution >= 4 is 17.5 Å². The lowest BCUT2D eigenvalue weighted by atomic mass is 10.2. The summed E-state index contributed by atoms with van der Waals surface area (Å²) >= 11 is 5.90. The first-order valence-corrected chi connectivity index (χ1v) is 7.57. The molecule has 3 rings (SSSR count). The molecule has 1 heterocycles. The normalized spacial score (nSPS) is 13.9. The molecule has 0 saturated heterocycles. The Hall–Kier alpha value is -2.08. The van der Waals surface area contributed by atoms with Crippen molar-refractivity contribution in [1.82, 2.24) is 20.1 Å². The minimum absolute atomic E-state index is 0.189. The first-order valence-electron chi connectivity index (χ1n) is 7.19. The van der Waals surface area contributed by atoms with Crippen LogP contribution < -0.4 is 10.1 Å². The molecule has 0 radical (unpaired) electrons. The average Bonchev–Trinajstić information content (AvgIpc) is 3.26. The number of benzene rings is 1. The molecule has 2 aromatic rings. The molecule has 1 fully saturated rings. The quantitative estimate of drug-likeness (QED) is 0.886. The Bertz CT molecular complexity index is 682. The summed E-state index contributed by atoms with van der Waals surface area (Å²) in [5, 5.41) is 11.5. The molecule has 0 bridgehead atoms. The standard InChI is InChI=1S/C15H17ClN4O2/c1-22-13-8-10(16)2-5-12(13)15(21)17-7-6-14-19-18-9-20(14)11-3-4-11/h2,5,8-9,11H,3-4,6-7H2,1H3,(H,17,21). The number of nitrogens with one attached hydrogen (secondary N) is 1. The van der Waals surface area contributed by atoms with Crippen LogP contribution >= 0.6 is 11.6 Å². The number of carbonyl (C=O) groups excluding carboxylic acids is 1. The van der Waals surface area contributed by atoms with E-state index in [0.717, 1.165) is 5.82 Å². The average molecular weight is 321 g/mol. The molecule has 116 valence electrons. The summed E-state index contributed by atoms with van der Waals surface area (Å²) in [6.45, 7) is 0.496. The third kappa shape index (κ3) is 3.22. The fraction of sp³-hybridized carbons (Fsp3) is 0.400. The van der Waals surface area contributed by atoms with E-state index in [-0.39, 0.29) is 5.91 Å². The number of halogens is 1. The molecule has 0 aliphatic heterocycles. The van der Waals surface area contributed by atoms with Gasteiger partial charge in [-0.2, -0.15) is 0 Å². The molecule has 7 heteroatoms. The van der Waals surface area contributed by atoms with Crippen LogP contribution in [0, 0.1) is 0 Å². The number of amides is 1. The first-order chi connectivity index (χ1) is 10.7. The van der Waals surface area contributed by atoms with Gasteiger partial charge < -0.3 is 14.6 Å². The molecular formula is C15H17ClN4O2. The Morgan fingerprint density at radius 1 is 1.50 bits per heavy atom. The van der Waals surface area contributed by atoms with Crippen molar-refractivity contribution in [2.75, 3.05) is 13.7 Å². The Morgan fingerprint density at radius 3 is 3.05 bits per heavy atom. The van der Waals surface area contributed by atoms with Gasteiger partial charge in [-0.25, -0.2) is 0 Å². The largest absolute Gasteiger partial charge is 0.496 e. The topological polar surface area (TPSA) is 69.0 Å². The number of nitrogens with zero attached hydrogens (tertiary/aromatic N) is 3. The number of hydrogen-bond acceptors (Lipinski definition) is 4. The van der Waals surface area contributed by atoms with Gasteiger partial charge in [-0.15, -0.1) is 10.2 Å². The monoisotopic (exact) mass is 320 g/mol. The molecule has 1 N–H and O–H groups in total. The van der Waals surface area contributed by atoms with E-state index < -0.39 is 0 Å². The maximum Gasteiger partial charge on any atom is 0.255 e. The van der Waals surface area contributed by atoms with Gasteiger partial charge in [0.05, 0.1) is 12.7 Å². The maximum atomic E-state index is 12.2. The number of aromatic nitrogens is 3. The molecule has 22 heavy (non-hydrogen) atoms. The van der Waals surface area contributed by atoms with Crippen molar-refractivity contribution < 1.29 is 9.53 Å². The smallest absolute Gasteiger partial charge is 0.255 e. The van der Waals surface area contributed by atoms with E-state index in [9.17, 15) is 4.79 Å².